The number of methoxy groups -OCH3 is 1. The zero-order chi connectivity index (χ0) is 31.1. The van der Waals surface area contributed by atoms with Crippen molar-refractivity contribution in [1.82, 2.24) is 14.5 Å². The van der Waals surface area contributed by atoms with E-state index in [1.54, 1.807) is 48.5 Å². The number of nitrogens with zero attached hydrogens (tertiary/aromatic N) is 3. The molecule has 230 valence electrons. The molecular formula is C33H33Cl2FN4O4. The van der Waals surface area contributed by atoms with Crippen LogP contribution in [0.1, 0.15) is 53.8 Å². The van der Waals surface area contributed by atoms with Gasteiger partial charge < -0.3 is 19.4 Å². The van der Waals surface area contributed by atoms with E-state index in [1.165, 1.54) is 13.2 Å². The van der Waals surface area contributed by atoms with Gasteiger partial charge in [-0.15, -0.1) is 0 Å². The summed E-state index contributed by atoms with van der Waals surface area (Å²) in [6.07, 6.45) is 0.705. The third-order valence-corrected chi connectivity index (χ3v) is 9.10. The van der Waals surface area contributed by atoms with E-state index in [1.807, 2.05) is 19.9 Å². The second-order valence-electron chi connectivity index (χ2n) is 11.5. The van der Waals surface area contributed by atoms with Crippen molar-refractivity contribution in [1.29, 1.82) is 0 Å². The average molecular weight is 640 g/mol. The molecule has 4 atom stereocenters. The molecule has 1 aromatic heterocycles. The Balaban J connectivity index is 1.51. The number of benzene rings is 3. The highest BCUT2D eigenvalue weighted by Crippen LogP contribution is 2.52. The van der Waals surface area contributed by atoms with Crippen molar-refractivity contribution in [2.75, 3.05) is 25.6 Å². The second-order valence-corrected chi connectivity index (χ2v) is 12.3. The average Bonchev–Trinajstić information content (AvgIpc) is 3.53. The molecule has 2 aliphatic heterocycles. The molecule has 0 bridgehead atoms. The number of aromatic nitrogens is 2. The maximum absolute atomic E-state index is 16.0. The SMILES string of the molecule is COC(=O)c1ccc2c(c1)nc1n2CC[C@H]2[C@@H]1[C@H](c1cccc(Cl)c1F)[C@H](C(=O)Nc1cccc(Cl)c1)N2CCOC(C)C. The van der Waals surface area contributed by atoms with Gasteiger partial charge in [0, 0.05) is 41.7 Å². The summed E-state index contributed by atoms with van der Waals surface area (Å²) >= 11 is 12.6. The lowest BCUT2D eigenvalue weighted by molar-refractivity contribution is -0.121. The molecule has 1 N–H and O–H groups in total. The summed E-state index contributed by atoms with van der Waals surface area (Å²) in [4.78, 5) is 33.8. The van der Waals surface area contributed by atoms with Crippen LogP contribution in [0.3, 0.4) is 0 Å². The molecule has 0 aliphatic carbocycles. The Hall–Kier alpha value is -3.50. The summed E-state index contributed by atoms with van der Waals surface area (Å²) in [5.41, 5.74) is 2.78. The quantitative estimate of drug-likeness (QED) is 0.217. The Kier molecular flexibility index (Phi) is 8.66. The number of esters is 1. The van der Waals surface area contributed by atoms with Gasteiger partial charge in [-0.25, -0.2) is 14.2 Å². The minimum absolute atomic E-state index is 0.00729. The molecule has 0 saturated carbocycles. The van der Waals surface area contributed by atoms with Gasteiger partial charge in [0.25, 0.3) is 0 Å². The topological polar surface area (TPSA) is 85.7 Å². The van der Waals surface area contributed by atoms with E-state index in [0.29, 0.717) is 53.5 Å². The number of carbonyl (C=O) groups excluding carboxylic acids is 2. The zero-order valence-corrected chi connectivity index (χ0v) is 26.1. The van der Waals surface area contributed by atoms with Crippen molar-refractivity contribution in [3.05, 3.63) is 93.5 Å². The van der Waals surface area contributed by atoms with Crippen LogP contribution in [-0.2, 0) is 20.8 Å². The fourth-order valence-electron chi connectivity index (χ4n) is 6.81. The number of ether oxygens (including phenoxy) is 2. The number of likely N-dealkylation sites (tertiary alicyclic amines) is 1. The molecule has 11 heteroatoms. The fourth-order valence-corrected chi connectivity index (χ4v) is 7.19. The first-order valence-electron chi connectivity index (χ1n) is 14.6. The van der Waals surface area contributed by atoms with Crippen LogP contribution in [0, 0.1) is 5.82 Å². The molecule has 1 amide bonds. The van der Waals surface area contributed by atoms with E-state index in [2.05, 4.69) is 14.8 Å². The van der Waals surface area contributed by atoms with E-state index in [9.17, 15) is 9.59 Å². The van der Waals surface area contributed by atoms with Crippen LogP contribution in [0.2, 0.25) is 10.0 Å². The van der Waals surface area contributed by atoms with E-state index < -0.39 is 23.7 Å². The van der Waals surface area contributed by atoms with Crippen LogP contribution < -0.4 is 5.32 Å². The van der Waals surface area contributed by atoms with Gasteiger partial charge >= 0.3 is 5.97 Å². The Morgan fingerprint density at radius 1 is 1.09 bits per heavy atom. The van der Waals surface area contributed by atoms with Gasteiger partial charge in [0.05, 0.1) is 47.5 Å². The van der Waals surface area contributed by atoms with E-state index in [0.717, 1.165) is 11.3 Å². The number of amides is 1. The summed E-state index contributed by atoms with van der Waals surface area (Å²) in [7, 11) is 1.34. The lowest BCUT2D eigenvalue weighted by Crippen LogP contribution is -2.47. The third kappa shape index (κ3) is 5.58. The Bertz CT molecular complexity index is 1730. The summed E-state index contributed by atoms with van der Waals surface area (Å²) in [5.74, 6) is -1.56. The van der Waals surface area contributed by atoms with Gasteiger partial charge in [-0.1, -0.05) is 41.4 Å². The molecule has 3 heterocycles. The normalized spacial score (nSPS) is 21.3. The van der Waals surface area contributed by atoms with Crippen molar-refractivity contribution in [2.24, 2.45) is 0 Å². The van der Waals surface area contributed by atoms with Crippen molar-refractivity contribution >= 4 is 51.8 Å². The van der Waals surface area contributed by atoms with Crippen LogP contribution in [0.15, 0.2) is 60.7 Å². The van der Waals surface area contributed by atoms with Crippen molar-refractivity contribution in [3.8, 4) is 0 Å². The number of anilines is 1. The molecule has 3 aromatic carbocycles. The number of carbonyl (C=O) groups is 2. The number of aryl methyl sites for hydroxylation is 1. The molecule has 6 rings (SSSR count). The first-order chi connectivity index (χ1) is 21.2. The number of fused-ring (bicyclic) bond motifs is 5. The van der Waals surface area contributed by atoms with Crippen LogP contribution in [0.4, 0.5) is 10.1 Å². The fraction of sp³-hybridized carbons (Fsp3) is 0.364. The second kappa shape index (κ2) is 12.5. The Morgan fingerprint density at radius 3 is 2.64 bits per heavy atom. The smallest absolute Gasteiger partial charge is 0.337 e. The number of hydrogen-bond acceptors (Lipinski definition) is 6. The molecule has 0 radical (unpaired) electrons. The molecule has 44 heavy (non-hydrogen) atoms. The Labute approximate surface area is 265 Å². The van der Waals surface area contributed by atoms with Gasteiger partial charge in [0.2, 0.25) is 5.91 Å². The summed E-state index contributed by atoms with van der Waals surface area (Å²) in [6.45, 7) is 5.42. The van der Waals surface area contributed by atoms with Gasteiger partial charge in [-0.3, -0.25) is 9.69 Å². The van der Waals surface area contributed by atoms with Crippen molar-refractivity contribution < 1.29 is 23.5 Å². The summed E-state index contributed by atoms with van der Waals surface area (Å²) in [5, 5.41) is 3.51. The van der Waals surface area contributed by atoms with Crippen LogP contribution >= 0.6 is 23.2 Å². The largest absolute Gasteiger partial charge is 0.465 e. The van der Waals surface area contributed by atoms with Gasteiger partial charge in [-0.05, 0) is 68.3 Å². The first-order valence-corrected chi connectivity index (χ1v) is 15.4. The maximum Gasteiger partial charge on any atom is 0.337 e. The van der Waals surface area contributed by atoms with Gasteiger partial charge in [-0.2, -0.15) is 0 Å². The highest BCUT2D eigenvalue weighted by Gasteiger charge is 2.56. The number of halogens is 3. The van der Waals surface area contributed by atoms with E-state index in [-0.39, 0.29) is 29.0 Å². The van der Waals surface area contributed by atoms with Gasteiger partial charge in [0.1, 0.15) is 11.6 Å². The highest BCUT2D eigenvalue weighted by molar-refractivity contribution is 6.31. The molecule has 1 fully saturated rings. The number of nitrogens with one attached hydrogen (secondary N) is 1. The van der Waals surface area contributed by atoms with Gasteiger partial charge in [0.15, 0.2) is 0 Å². The van der Waals surface area contributed by atoms with Crippen LogP contribution in [-0.4, -0.2) is 64.8 Å². The lowest BCUT2D eigenvalue weighted by atomic mass is 9.78. The minimum atomic E-state index is -0.773. The predicted molar refractivity (Wildman–Crippen MR) is 168 cm³/mol. The number of rotatable bonds is 8. The number of hydrogen-bond donors (Lipinski definition) is 1. The molecule has 1 saturated heterocycles. The molecule has 0 unspecified atom stereocenters. The molecule has 8 nitrogen and oxygen atoms in total. The molecule has 0 spiro atoms. The summed E-state index contributed by atoms with van der Waals surface area (Å²) in [6, 6.07) is 16.2. The summed E-state index contributed by atoms with van der Waals surface area (Å²) < 4.78 is 29.0. The van der Waals surface area contributed by atoms with E-state index in [4.69, 9.17) is 37.7 Å². The standard InChI is InChI=1S/C33H33Cl2FN4O4/c1-18(2)44-15-14-39-26-12-13-40-25-11-10-19(33(42)43-3)16-24(25)38-31(40)28(26)27(22-8-5-9-23(35)29(22)36)30(39)32(41)37-21-7-4-6-20(34)17-21/h4-11,16-18,26-28,30H,12-15H2,1-3H3,(H,37,41)/t26-,27-,28+,30+/m0/s1. The van der Waals surface area contributed by atoms with Crippen molar-refractivity contribution in [3.63, 3.8) is 0 Å². The predicted octanol–water partition coefficient (Wildman–Crippen LogP) is 6.66. The zero-order valence-electron chi connectivity index (χ0n) is 24.6. The third-order valence-electron chi connectivity index (χ3n) is 8.57. The maximum atomic E-state index is 16.0. The number of imidazole rings is 1. The highest BCUT2D eigenvalue weighted by atomic mass is 35.5. The van der Waals surface area contributed by atoms with Crippen molar-refractivity contribution in [2.45, 2.75) is 56.8 Å². The van der Waals surface area contributed by atoms with Crippen LogP contribution in [0.5, 0.6) is 0 Å². The lowest BCUT2D eigenvalue weighted by Gasteiger charge is -2.34. The van der Waals surface area contributed by atoms with Crippen LogP contribution in [0.25, 0.3) is 11.0 Å². The van der Waals surface area contributed by atoms with E-state index >= 15 is 4.39 Å². The monoisotopic (exact) mass is 638 g/mol. The molecule has 4 aromatic rings. The molecule has 2 aliphatic rings. The first kappa shape index (κ1) is 30.5. The minimum Gasteiger partial charge on any atom is -0.465 e. The molecular weight excluding hydrogens is 606 g/mol. The Morgan fingerprint density at radius 2 is 1.89 bits per heavy atom.